The molecule has 0 bridgehead atoms. The molecule has 1 N–H and O–H groups in total. The van der Waals surface area contributed by atoms with E-state index in [-0.39, 0.29) is 10.1 Å². The van der Waals surface area contributed by atoms with Gasteiger partial charge in [-0.1, -0.05) is 6.07 Å². The molecule has 3 aromatic rings. The van der Waals surface area contributed by atoms with Crippen LogP contribution >= 0.6 is 33.9 Å². The third kappa shape index (κ3) is 4.08. The number of hydrogen-bond donors (Lipinski definition) is 1. The minimum atomic E-state index is -3.58. The van der Waals surface area contributed by atoms with E-state index in [1.807, 2.05) is 24.3 Å². The summed E-state index contributed by atoms with van der Waals surface area (Å²) in [5.74, 6) is -0.249. The van der Waals surface area contributed by atoms with Crippen molar-refractivity contribution in [2.45, 2.75) is 4.21 Å². The fraction of sp³-hybridized carbons (Fsp3) is 0.0556. The van der Waals surface area contributed by atoms with Crippen molar-refractivity contribution in [3.05, 3.63) is 75.2 Å². The Morgan fingerprint density at radius 2 is 1.69 bits per heavy atom. The van der Waals surface area contributed by atoms with Gasteiger partial charge in [0.1, 0.15) is 4.21 Å². The van der Waals surface area contributed by atoms with Gasteiger partial charge in [0.05, 0.1) is 5.69 Å². The van der Waals surface area contributed by atoms with Crippen LogP contribution in [0.2, 0.25) is 0 Å². The van der Waals surface area contributed by atoms with Gasteiger partial charge in [-0.05, 0) is 82.6 Å². The van der Waals surface area contributed by atoms with Crippen molar-refractivity contribution in [2.24, 2.45) is 0 Å². The summed E-state index contributed by atoms with van der Waals surface area (Å²) >= 11 is 3.36. The smallest absolute Gasteiger partial charge is 0.273 e. The number of halogens is 1. The van der Waals surface area contributed by atoms with Crippen LogP contribution in [0, 0.1) is 3.57 Å². The lowest BCUT2D eigenvalue weighted by Crippen LogP contribution is -2.25. The van der Waals surface area contributed by atoms with Gasteiger partial charge in [0.15, 0.2) is 0 Å². The number of rotatable bonds is 5. The van der Waals surface area contributed by atoms with Crippen molar-refractivity contribution in [3.8, 4) is 0 Å². The highest BCUT2D eigenvalue weighted by Gasteiger charge is 2.22. The van der Waals surface area contributed by atoms with Crippen LogP contribution in [0.1, 0.15) is 10.4 Å². The molecule has 0 saturated heterocycles. The van der Waals surface area contributed by atoms with Crippen molar-refractivity contribution in [1.29, 1.82) is 0 Å². The number of carbonyl (C=O) groups is 1. The molecular formula is C18H15IN2O3S2. The summed E-state index contributed by atoms with van der Waals surface area (Å²) in [6.07, 6.45) is 0. The van der Waals surface area contributed by atoms with E-state index in [1.54, 1.807) is 41.8 Å². The molecular weight excluding hydrogens is 483 g/mol. The Morgan fingerprint density at radius 3 is 2.27 bits per heavy atom. The van der Waals surface area contributed by atoms with E-state index in [0.29, 0.717) is 16.9 Å². The van der Waals surface area contributed by atoms with Crippen LogP contribution in [-0.4, -0.2) is 21.4 Å². The molecule has 0 fully saturated rings. The standard InChI is InChI=1S/C18H15IN2O3S2/c1-21(26(23,24)17-3-2-12-25-17)16-10-4-13(5-11-16)18(22)20-15-8-6-14(19)7-9-15/h2-12H,1H3,(H,20,22). The summed E-state index contributed by atoms with van der Waals surface area (Å²) in [7, 11) is -2.09. The topological polar surface area (TPSA) is 66.5 Å². The average Bonchev–Trinajstić information content (AvgIpc) is 3.18. The number of nitrogens with one attached hydrogen (secondary N) is 1. The molecule has 1 aromatic heterocycles. The third-order valence-corrected chi connectivity index (χ3v) is 7.58. The van der Waals surface area contributed by atoms with E-state index in [1.165, 1.54) is 22.7 Å². The highest BCUT2D eigenvalue weighted by atomic mass is 127. The van der Waals surface area contributed by atoms with E-state index >= 15 is 0 Å². The Bertz CT molecular complexity index is 1000. The molecule has 5 nitrogen and oxygen atoms in total. The Kier molecular flexibility index (Phi) is 5.64. The van der Waals surface area contributed by atoms with Crippen LogP contribution in [0.4, 0.5) is 11.4 Å². The minimum Gasteiger partial charge on any atom is -0.322 e. The lowest BCUT2D eigenvalue weighted by molar-refractivity contribution is 0.102. The van der Waals surface area contributed by atoms with Gasteiger partial charge >= 0.3 is 0 Å². The number of carbonyl (C=O) groups excluding carboxylic acids is 1. The number of hydrogen-bond acceptors (Lipinski definition) is 4. The Hall–Kier alpha value is -1.91. The number of nitrogens with zero attached hydrogens (tertiary/aromatic N) is 1. The van der Waals surface area contributed by atoms with E-state index in [0.717, 1.165) is 3.57 Å². The largest absolute Gasteiger partial charge is 0.322 e. The fourth-order valence-electron chi connectivity index (χ4n) is 2.24. The summed E-state index contributed by atoms with van der Waals surface area (Å²) in [5.41, 5.74) is 1.65. The van der Waals surface area contributed by atoms with Gasteiger partial charge in [-0.3, -0.25) is 9.10 Å². The molecule has 2 aromatic carbocycles. The average molecular weight is 498 g/mol. The maximum Gasteiger partial charge on any atom is 0.273 e. The van der Waals surface area contributed by atoms with Crippen LogP contribution in [0.15, 0.2) is 70.3 Å². The van der Waals surface area contributed by atoms with Gasteiger partial charge in [0.2, 0.25) is 0 Å². The first kappa shape index (κ1) is 18.9. The molecule has 0 spiro atoms. The molecule has 3 rings (SSSR count). The quantitative estimate of drug-likeness (QED) is 0.530. The predicted molar refractivity (Wildman–Crippen MR) is 113 cm³/mol. The van der Waals surface area contributed by atoms with Crippen molar-refractivity contribution in [2.75, 3.05) is 16.7 Å². The second-order valence-electron chi connectivity index (χ2n) is 5.41. The number of thiophene rings is 1. The molecule has 1 amide bonds. The summed E-state index contributed by atoms with van der Waals surface area (Å²) in [4.78, 5) is 12.3. The summed E-state index contributed by atoms with van der Waals surface area (Å²) in [5, 5.41) is 4.54. The lowest BCUT2D eigenvalue weighted by Gasteiger charge is -2.18. The van der Waals surface area contributed by atoms with Crippen LogP contribution < -0.4 is 9.62 Å². The maximum absolute atomic E-state index is 12.5. The number of amides is 1. The van der Waals surface area contributed by atoms with Gasteiger partial charge in [0.25, 0.3) is 15.9 Å². The van der Waals surface area contributed by atoms with Gasteiger partial charge < -0.3 is 5.32 Å². The van der Waals surface area contributed by atoms with Crippen LogP contribution in [0.5, 0.6) is 0 Å². The molecule has 0 atom stereocenters. The third-order valence-electron chi connectivity index (χ3n) is 3.71. The molecule has 0 aliphatic rings. The first-order valence-corrected chi connectivity index (χ1v) is 11.0. The molecule has 0 aliphatic carbocycles. The first-order valence-electron chi connectivity index (χ1n) is 7.57. The van der Waals surface area contributed by atoms with Crippen LogP contribution in [-0.2, 0) is 10.0 Å². The Labute approximate surface area is 169 Å². The molecule has 0 saturated carbocycles. The van der Waals surface area contributed by atoms with Crippen LogP contribution in [0.3, 0.4) is 0 Å². The normalized spacial score (nSPS) is 11.2. The Morgan fingerprint density at radius 1 is 1.04 bits per heavy atom. The fourth-order valence-corrected chi connectivity index (χ4v) is 4.96. The molecule has 1 heterocycles. The molecule has 0 radical (unpaired) electrons. The van der Waals surface area contributed by atoms with Crippen molar-refractivity contribution < 1.29 is 13.2 Å². The SMILES string of the molecule is CN(c1ccc(C(=O)Nc2ccc(I)cc2)cc1)S(=O)(=O)c1cccs1. The van der Waals surface area contributed by atoms with Gasteiger partial charge in [-0.15, -0.1) is 11.3 Å². The van der Waals surface area contributed by atoms with Gasteiger partial charge in [-0.2, -0.15) is 0 Å². The molecule has 8 heteroatoms. The first-order chi connectivity index (χ1) is 12.4. The molecule has 0 unspecified atom stereocenters. The van der Waals surface area contributed by atoms with E-state index in [2.05, 4.69) is 27.9 Å². The predicted octanol–water partition coefficient (Wildman–Crippen LogP) is 4.43. The van der Waals surface area contributed by atoms with Crippen molar-refractivity contribution in [1.82, 2.24) is 0 Å². The summed E-state index contributed by atoms with van der Waals surface area (Å²) in [6.45, 7) is 0. The van der Waals surface area contributed by atoms with Gasteiger partial charge in [0, 0.05) is 21.9 Å². The maximum atomic E-state index is 12.5. The van der Waals surface area contributed by atoms with Crippen LogP contribution in [0.25, 0.3) is 0 Å². The highest BCUT2D eigenvalue weighted by molar-refractivity contribution is 14.1. The zero-order valence-electron chi connectivity index (χ0n) is 13.7. The minimum absolute atomic E-state index is 0.249. The zero-order chi connectivity index (χ0) is 18.7. The number of benzene rings is 2. The lowest BCUT2D eigenvalue weighted by atomic mass is 10.2. The van der Waals surface area contributed by atoms with E-state index in [9.17, 15) is 13.2 Å². The second kappa shape index (κ2) is 7.77. The molecule has 26 heavy (non-hydrogen) atoms. The molecule has 0 aliphatic heterocycles. The van der Waals surface area contributed by atoms with E-state index in [4.69, 9.17) is 0 Å². The summed E-state index contributed by atoms with van der Waals surface area (Å²) in [6, 6.07) is 17.2. The Balaban J connectivity index is 1.75. The molecule has 134 valence electrons. The monoisotopic (exact) mass is 498 g/mol. The van der Waals surface area contributed by atoms with Crippen molar-refractivity contribution >= 4 is 61.2 Å². The second-order valence-corrected chi connectivity index (χ2v) is 9.80. The van der Waals surface area contributed by atoms with Crippen molar-refractivity contribution in [3.63, 3.8) is 0 Å². The van der Waals surface area contributed by atoms with Gasteiger partial charge in [-0.25, -0.2) is 8.42 Å². The highest BCUT2D eigenvalue weighted by Crippen LogP contribution is 2.25. The number of sulfonamides is 1. The van der Waals surface area contributed by atoms with E-state index < -0.39 is 10.0 Å². The zero-order valence-corrected chi connectivity index (χ0v) is 17.5. The summed E-state index contributed by atoms with van der Waals surface area (Å²) < 4.78 is 27.6. The number of anilines is 2.